The molecule has 1 saturated heterocycles. The van der Waals surface area contributed by atoms with Crippen molar-refractivity contribution in [2.45, 2.75) is 45.6 Å². The van der Waals surface area contributed by atoms with Gasteiger partial charge in [-0.25, -0.2) is 0 Å². The van der Waals surface area contributed by atoms with Gasteiger partial charge in [-0.2, -0.15) is 0 Å². The molecule has 1 atom stereocenters. The second kappa shape index (κ2) is 8.90. The molecule has 1 unspecified atom stereocenters. The van der Waals surface area contributed by atoms with Gasteiger partial charge in [-0.1, -0.05) is 11.6 Å². The molecule has 0 aliphatic carbocycles. The van der Waals surface area contributed by atoms with E-state index in [1.54, 1.807) is 0 Å². The van der Waals surface area contributed by atoms with Gasteiger partial charge in [-0.3, -0.25) is 4.79 Å². The van der Waals surface area contributed by atoms with Crippen molar-refractivity contribution in [1.82, 2.24) is 5.32 Å². The van der Waals surface area contributed by atoms with Crippen molar-refractivity contribution in [2.24, 2.45) is 0 Å². The first-order valence-electron chi connectivity index (χ1n) is 7.95. The van der Waals surface area contributed by atoms with Gasteiger partial charge in [0.25, 0.3) is 0 Å². The van der Waals surface area contributed by atoms with Gasteiger partial charge in [0.05, 0.1) is 17.2 Å². The van der Waals surface area contributed by atoms with E-state index in [0.717, 1.165) is 45.8 Å². The molecular formula is C17H23BrClNO3. The highest BCUT2D eigenvalue weighted by Crippen LogP contribution is 2.35. The molecular weight excluding hydrogens is 382 g/mol. The lowest BCUT2D eigenvalue weighted by molar-refractivity contribution is -0.121. The Morgan fingerprint density at radius 3 is 3.00 bits per heavy atom. The second-order valence-corrected chi connectivity index (χ2v) is 7.01. The van der Waals surface area contributed by atoms with Gasteiger partial charge in [0, 0.05) is 24.6 Å². The summed E-state index contributed by atoms with van der Waals surface area (Å²) in [6, 6.07) is 1.91. The van der Waals surface area contributed by atoms with Gasteiger partial charge in [-0.05, 0) is 66.2 Å². The van der Waals surface area contributed by atoms with Crippen LogP contribution in [0.3, 0.4) is 0 Å². The average Bonchev–Trinajstić information content (AvgIpc) is 3.05. The quantitative estimate of drug-likeness (QED) is 0.694. The molecule has 1 fully saturated rings. The summed E-state index contributed by atoms with van der Waals surface area (Å²) >= 11 is 9.70. The van der Waals surface area contributed by atoms with E-state index in [1.165, 1.54) is 0 Å². The van der Waals surface area contributed by atoms with Crippen LogP contribution in [0.25, 0.3) is 0 Å². The highest BCUT2D eigenvalue weighted by Gasteiger charge is 2.16. The van der Waals surface area contributed by atoms with Crippen molar-refractivity contribution < 1.29 is 14.3 Å². The maximum Gasteiger partial charge on any atom is 0.220 e. The molecule has 0 spiro atoms. The largest absolute Gasteiger partial charge is 0.492 e. The molecule has 2 rings (SSSR count). The van der Waals surface area contributed by atoms with Crippen LogP contribution >= 0.6 is 27.5 Å². The third kappa shape index (κ3) is 5.37. The smallest absolute Gasteiger partial charge is 0.220 e. The van der Waals surface area contributed by atoms with Crippen LogP contribution in [-0.2, 0) is 9.53 Å². The summed E-state index contributed by atoms with van der Waals surface area (Å²) in [5.41, 5.74) is 1.95. The Hall–Kier alpha value is -0.780. The number of hydrogen-bond acceptors (Lipinski definition) is 3. The number of amides is 1. The number of ether oxygens (including phenoxy) is 2. The molecule has 1 aliphatic rings. The first kappa shape index (κ1) is 18.6. The third-order valence-electron chi connectivity index (χ3n) is 3.93. The Morgan fingerprint density at radius 1 is 1.52 bits per heavy atom. The molecule has 0 bridgehead atoms. The summed E-state index contributed by atoms with van der Waals surface area (Å²) in [7, 11) is 0. The van der Waals surface area contributed by atoms with Gasteiger partial charge < -0.3 is 14.8 Å². The second-order valence-electron chi connectivity index (χ2n) is 5.84. The first-order chi connectivity index (χ1) is 11.0. The van der Waals surface area contributed by atoms with Crippen LogP contribution in [0.1, 0.15) is 36.8 Å². The Kier molecular flexibility index (Phi) is 7.18. The molecule has 1 aromatic carbocycles. The van der Waals surface area contributed by atoms with Gasteiger partial charge in [0.15, 0.2) is 0 Å². The molecule has 1 heterocycles. The number of nitrogens with one attached hydrogen (secondary N) is 1. The van der Waals surface area contributed by atoms with E-state index in [-0.39, 0.29) is 12.0 Å². The van der Waals surface area contributed by atoms with E-state index in [4.69, 9.17) is 21.1 Å². The number of halogens is 2. The number of carbonyl (C=O) groups excluding carboxylic acids is 1. The molecule has 0 radical (unpaired) electrons. The molecule has 0 saturated carbocycles. The summed E-state index contributed by atoms with van der Waals surface area (Å²) in [6.07, 6.45) is 3.43. The minimum Gasteiger partial charge on any atom is -0.492 e. The normalized spacial score (nSPS) is 17.3. The lowest BCUT2D eigenvalue weighted by Crippen LogP contribution is -2.31. The molecule has 1 aromatic rings. The zero-order chi connectivity index (χ0) is 16.8. The number of rotatable bonds is 7. The lowest BCUT2D eigenvalue weighted by atomic mass is 10.1. The lowest BCUT2D eigenvalue weighted by Gasteiger charge is -2.13. The standard InChI is InChI=1S/C17H23BrClNO3/c1-11-9-14(16(18)12(2)17(11)19)23-8-4-6-15(21)20-10-13-5-3-7-22-13/h9,13H,3-8,10H2,1-2H3,(H,20,21). The minimum atomic E-state index is 0.0478. The molecule has 1 amide bonds. The summed E-state index contributed by atoms with van der Waals surface area (Å²) in [4.78, 5) is 11.8. The van der Waals surface area contributed by atoms with Gasteiger partial charge in [0.2, 0.25) is 5.91 Å². The van der Waals surface area contributed by atoms with Gasteiger partial charge in [0.1, 0.15) is 5.75 Å². The van der Waals surface area contributed by atoms with Gasteiger partial charge >= 0.3 is 0 Å². The summed E-state index contributed by atoms with van der Waals surface area (Å²) in [5, 5.41) is 3.66. The van der Waals surface area contributed by atoms with Crippen LogP contribution in [-0.4, -0.2) is 31.8 Å². The highest BCUT2D eigenvalue weighted by molar-refractivity contribution is 9.10. The third-order valence-corrected chi connectivity index (χ3v) is 5.49. The predicted octanol–water partition coefficient (Wildman–Crippen LogP) is 4.17. The van der Waals surface area contributed by atoms with Crippen molar-refractivity contribution in [2.75, 3.05) is 19.8 Å². The predicted molar refractivity (Wildman–Crippen MR) is 95.3 cm³/mol. The number of benzene rings is 1. The Balaban J connectivity index is 1.70. The topological polar surface area (TPSA) is 47.6 Å². The maximum absolute atomic E-state index is 11.8. The zero-order valence-electron chi connectivity index (χ0n) is 13.6. The van der Waals surface area contributed by atoms with E-state index in [1.807, 2.05) is 19.9 Å². The van der Waals surface area contributed by atoms with E-state index >= 15 is 0 Å². The molecule has 23 heavy (non-hydrogen) atoms. The SMILES string of the molecule is Cc1cc(OCCCC(=O)NCC2CCCO2)c(Br)c(C)c1Cl. The fraction of sp³-hybridized carbons (Fsp3) is 0.588. The highest BCUT2D eigenvalue weighted by atomic mass is 79.9. The molecule has 1 N–H and O–H groups in total. The van der Waals surface area contributed by atoms with Crippen molar-refractivity contribution >= 4 is 33.4 Å². The summed E-state index contributed by atoms with van der Waals surface area (Å²) < 4.78 is 12.1. The molecule has 1 aliphatic heterocycles. The monoisotopic (exact) mass is 403 g/mol. The fourth-order valence-corrected chi connectivity index (χ4v) is 3.23. The Labute approximate surface area is 151 Å². The molecule has 4 nitrogen and oxygen atoms in total. The van der Waals surface area contributed by atoms with Crippen molar-refractivity contribution in [3.63, 3.8) is 0 Å². The van der Waals surface area contributed by atoms with Crippen molar-refractivity contribution in [1.29, 1.82) is 0 Å². The number of aryl methyl sites for hydroxylation is 1. The summed E-state index contributed by atoms with van der Waals surface area (Å²) in [6.45, 7) is 5.81. The maximum atomic E-state index is 11.8. The Morgan fingerprint density at radius 2 is 2.30 bits per heavy atom. The molecule has 6 heteroatoms. The summed E-state index contributed by atoms with van der Waals surface area (Å²) in [5.74, 6) is 0.816. The van der Waals surface area contributed by atoms with Gasteiger partial charge in [-0.15, -0.1) is 0 Å². The molecule has 0 aromatic heterocycles. The van der Waals surface area contributed by atoms with Crippen LogP contribution in [0.2, 0.25) is 5.02 Å². The van der Waals surface area contributed by atoms with Crippen LogP contribution in [0.15, 0.2) is 10.5 Å². The van der Waals surface area contributed by atoms with E-state index in [2.05, 4.69) is 21.2 Å². The zero-order valence-corrected chi connectivity index (χ0v) is 15.9. The van der Waals surface area contributed by atoms with Crippen LogP contribution < -0.4 is 10.1 Å². The van der Waals surface area contributed by atoms with E-state index < -0.39 is 0 Å². The van der Waals surface area contributed by atoms with Crippen molar-refractivity contribution in [3.8, 4) is 5.75 Å². The average molecular weight is 405 g/mol. The van der Waals surface area contributed by atoms with Crippen LogP contribution in [0, 0.1) is 13.8 Å². The van der Waals surface area contributed by atoms with Crippen LogP contribution in [0.4, 0.5) is 0 Å². The van der Waals surface area contributed by atoms with E-state index in [9.17, 15) is 4.79 Å². The number of carbonyl (C=O) groups is 1. The first-order valence-corrected chi connectivity index (χ1v) is 9.12. The van der Waals surface area contributed by atoms with Crippen LogP contribution in [0.5, 0.6) is 5.75 Å². The number of hydrogen-bond donors (Lipinski definition) is 1. The fourth-order valence-electron chi connectivity index (χ4n) is 2.54. The molecule has 128 valence electrons. The minimum absolute atomic E-state index is 0.0478. The Bertz CT molecular complexity index is 559. The van der Waals surface area contributed by atoms with E-state index in [0.29, 0.717) is 26.0 Å². The van der Waals surface area contributed by atoms with Crippen molar-refractivity contribution in [3.05, 3.63) is 26.7 Å².